The first kappa shape index (κ1) is 22.3. The van der Waals surface area contributed by atoms with Crippen molar-refractivity contribution < 1.29 is 32.3 Å². The van der Waals surface area contributed by atoms with Crippen LogP contribution in [0.4, 0.5) is 20.2 Å². The summed E-state index contributed by atoms with van der Waals surface area (Å²) < 4.78 is 44.0. The molecule has 33 heavy (non-hydrogen) atoms. The van der Waals surface area contributed by atoms with Gasteiger partial charge in [0.25, 0.3) is 0 Å². The Kier molecular flexibility index (Phi) is 6.30. The second kappa shape index (κ2) is 9.32. The van der Waals surface area contributed by atoms with E-state index < -0.39 is 23.5 Å². The fourth-order valence-electron chi connectivity index (χ4n) is 3.87. The number of ether oxygens (including phenoxy) is 2. The summed E-state index contributed by atoms with van der Waals surface area (Å²) in [5.41, 5.74) is 0.380. The molecule has 7 nitrogen and oxygen atoms in total. The minimum absolute atomic E-state index is 0.0679. The van der Waals surface area contributed by atoms with Crippen LogP contribution in [0, 0.1) is 17.6 Å². The molecule has 2 heterocycles. The number of hydrogen-bond acceptors (Lipinski definition) is 5. The highest BCUT2D eigenvalue weighted by Gasteiger charge is 2.39. The van der Waals surface area contributed by atoms with Gasteiger partial charge < -0.3 is 23.7 Å². The second-order valence-corrected chi connectivity index (χ2v) is 7.54. The first-order valence-electron chi connectivity index (χ1n) is 10.2. The van der Waals surface area contributed by atoms with Crippen molar-refractivity contribution in [2.24, 2.45) is 5.92 Å². The molecule has 1 atom stereocenters. The molecular formula is C24H22F2N2O5. The van der Waals surface area contributed by atoms with Gasteiger partial charge in [-0.3, -0.25) is 9.59 Å². The number of amides is 2. The minimum Gasteiger partial charge on any atom is -0.497 e. The molecule has 4 rings (SSSR count). The van der Waals surface area contributed by atoms with Crippen molar-refractivity contribution in [1.82, 2.24) is 0 Å². The summed E-state index contributed by atoms with van der Waals surface area (Å²) in [4.78, 5) is 29.0. The normalized spacial score (nSPS) is 15.6. The molecular weight excluding hydrogens is 434 g/mol. The van der Waals surface area contributed by atoms with Gasteiger partial charge in [0.05, 0.1) is 44.3 Å². The standard InChI is InChI=1S/C24H22F2N2O5/c1-31-17-6-8-22(32-2)21(12-17)27-13-15(10-23(27)29)24(30)28(14-18-4-3-9-33-18)20-7-5-16(25)11-19(20)26/h3-9,11-12,15H,10,13-14H2,1-2H3. The quantitative estimate of drug-likeness (QED) is 0.534. The molecule has 1 unspecified atom stereocenters. The van der Waals surface area contributed by atoms with Gasteiger partial charge in [-0.15, -0.1) is 0 Å². The van der Waals surface area contributed by atoms with E-state index >= 15 is 0 Å². The summed E-state index contributed by atoms with van der Waals surface area (Å²) in [5, 5.41) is 0. The van der Waals surface area contributed by atoms with Gasteiger partial charge >= 0.3 is 0 Å². The molecule has 0 N–H and O–H groups in total. The minimum atomic E-state index is -0.884. The molecule has 0 aliphatic carbocycles. The van der Waals surface area contributed by atoms with Crippen molar-refractivity contribution in [1.29, 1.82) is 0 Å². The third-order valence-corrected chi connectivity index (χ3v) is 5.51. The maximum atomic E-state index is 14.6. The van der Waals surface area contributed by atoms with E-state index in [2.05, 4.69) is 0 Å². The predicted molar refractivity (Wildman–Crippen MR) is 116 cm³/mol. The van der Waals surface area contributed by atoms with Crippen molar-refractivity contribution in [3.8, 4) is 11.5 Å². The molecule has 3 aromatic rings. The first-order chi connectivity index (χ1) is 15.9. The van der Waals surface area contributed by atoms with Gasteiger partial charge in [-0.1, -0.05) is 0 Å². The first-order valence-corrected chi connectivity index (χ1v) is 10.2. The largest absolute Gasteiger partial charge is 0.497 e. The lowest BCUT2D eigenvalue weighted by molar-refractivity contribution is -0.124. The van der Waals surface area contributed by atoms with Crippen LogP contribution >= 0.6 is 0 Å². The Morgan fingerprint density at radius 3 is 2.64 bits per heavy atom. The fraction of sp³-hybridized carbons (Fsp3) is 0.250. The Labute approximate surface area is 189 Å². The zero-order valence-electron chi connectivity index (χ0n) is 18.1. The van der Waals surface area contributed by atoms with Gasteiger partial charge in [0.2, 0.25) is 11.8 Å². The maximum Gasteiger partial charge on any atom is 0.232 e. The van der Waals surface area contributed by atoms with Crippen LogP contribution in [0.2, 0.25) is 0 Å². The highest BCUT2D eigenvalue weighted by atomic mass is 19.1. The molecule has 1 aliphatic rings. The molecule has 0 spiro atoms. The average molecular weight is 456 g/mol. The van der Waals surface area contributed by atoms with Crippen LogP contribution in [0.1, 0.15) is 12.2 Å². The van der Waals surface area contributed by atoms with E-state index in [1.165, 1.54) is 36.3 Å². The van der Waals surface area contributed by atoms with E-state index in [1.807, 2.05) is 0 Å². The van der Waals surface area contributed by atoms with Crippen molar-refractivity contribution in [3.63, 3.8) is 0 Å². The molecule has 0 radical (unpaired) electrons. The lowest BCUT2D eigenvalue weighted by Crippen LogP contribution is -2.37. The summed E-state index contributed by atoms with van der Waals surface area (Å²) in [7, 11) is 2.99. The molecule has 0 bridgehead atoms. The van der Waals surface area contributed by atoms with Crippen molar-refractivity contribution in [2.75, 3.05) is 30.6 Å². The zero-order valence-corrected chi connectivity index (χ0v) is 18.1. The molecule has 9 heteroatoms. The molecule has 1 fully saturated rings. The number of carbonyl (C=O) groups excluding carboxylic acids is 2. The van der Waals surface area contributed by atoms with Crippen LogP contribution in [-0.2, 0) is 16.1 Å². The SMILES string of the molecule is COc1ccc(OC)c(N2CC(C(=O)N(Cc3ccco3)c3ccc(F)cc3F)CC2=O)c1. The third-order valence-electron chi connectivity index (χ3n) is 5.51. The Morgan fingerprint density at radius 2 is 1.97 bits per heavy atom. The molecule has 0 saturated carbocycles. The fourth-order valence-corrected chi connectivity index (χ4v) is 3.87. The summed E-state index contributed by atoms with van der Waals surface area (Å²) in [6, 6.07) is 11.3. The highest BCUT2D eigenvalue weighted by molar-refractivity contribution is 6.05. The molecule has 172 valence electrons. The third kappa shape index (κ3) is 4.52. The van der Waals surface area contributed by atoms with E-state index in [4.69, 9.17) is 13.9 Å². The maximum absolute atomic E-state index is 14.6. The number of anilines is 2. The van der Waals surface area contributed by atoms with Gasteiger partial charge in [0.15, 0.2) is 0 Å². The number of hydrogen-bond donors (Lipinski definition) is 0. The Morgan fingerprint density at radius 1 is 1.15 bits per heavy atom. The Hall–Kier alpha value is -3.88. The van der Waals surface area contributed by atoms with Crippen molar-refractivity contribution >= 4 is 23.2 Å². The van der Waals surface area contributed by atoms with Gasteiger partial charge in [-0.25, -0.2) is 8.78 Å². The topological polar surface area (TPSA) is 72.2 Å². The van der Waals surface area contributed by atoms with Gasteiger partial charge in [-0.05, 0) is 36.4 Å². The predicted octanol–water partition coefficient (Wildman–Crippen LogP) is 4.16. The van der Waals surface area contributed by atoms with Crippen molar-refractivity contribution in [2.45, 2.75) is 13.0 Å². The smallest absolute Gasteiger partial charge is 0.232 e. The van der Waals surface area contributed by atoms with Crippen LogP contribution in [0.3, 0.4) is 0 Å². The summed E-state index contributed by atoms with van der Waals surface area (Å²) in [6.45, 7) is 0.000218. The lowest BCUT2D eigenvalue weighted by Gasteiger charge is -2.26. The number of furan rings is 1. The number of halogens is 2. The number of carbonyl (C=O) groups is 2. The summed E-state index contributed by atoms with van der Waals surface area (Å²) >= 11 is 0. The van der Waals surface area contributed by atoms with Gasteiger partial charge in [0, 0.05) is 25.1 Å². The van der Waals surface area contributed by atoms with Crippen LogP contribution < -0.4 is 19.3 Å². The van der Waals surface area contributed by atoms with E-state index in [0.717, 1.165) is 6.07 Å². The lowest BCUT2D eigenvalue weighted by atomic mass is 10.1. The van der Waals surface area contributed by atoms with Gasteiger partial charge in [0.1, 0.15) is 28.9 Å². The molecule has 2 amide bonds. The molecule has 1 aliphatic heterocycles. The number of benzene rings is 2. The molecule has 1 aromatic heterocycles. The van der Waals surface area contributed by atoms with Gasteiger partial charge in [-0.2, -0.15) is 0 Å². The van der Waals surface area contributed by atoms with E-state index in [0.29, 0.717) is 29.0 Å². The van der Waals surface area contributed by atoms with Crippen LogP contribution in [0.5, 0.6) is 11.5 Å². The van der Waals surface area contributed by atoms with E-state index in [9.17, 15) is 18.4 Å². The number of rotatable bonds is 7. The van der Waals surface area contributed by atoms with E-state index in [-0.39, 0.29) is 31.1 Å². The van der Waals surface area contributed by atoms with Crippen molar-refractivity contribution in [3.05, 3.63) is 72.2 Å². The summed E-state index contributed by atoms with van der Waals surface area (Å²) in [5.74, 6) is -1.75. The van der Waals surface area contributed by atoms with E-state index in [1.54, 1.807) is 30.3 Å². The van der Waals surface area contributed by atoms with Crippen LogP contribution in [0.15, 0.2) is 59.2 Å². The molecule has 1 saturated heterocycles. The second-order valence-electron chi connectivity index (χ2n) is 7.54. The summed E-state index contributed by atoms with van der Waals surface area (Å²) in [6.07, 6.45) is 1.37. The molecule has 2 aromatic carbocycles. The van der Waals surface area contributed by atoms with Crippen LogP contribution in [-0.4, -0.2) is 32.6 Å². The number of nitrogens with zero attached hydrogens (tertiary/aromatic N) is 2. The van der Waals surface area contributed by atoms with Crippen LogP contribution in [0.25, 0.3) is 0 Å². The highest BCUT2D eigenvalue weighted by Crippen LogP contribution is 2.37. The average Bonchev–Trinajstić information content (AvgIpc) is 3.46. The number of methoxy groups -OCH3 is 2. The Balaban J connectivity index is 1.64. The Bertz CT molecular complexity index is 1170. The zero-order chi connectivity index (χ0) is 23.5. The monoisotopic (exact) mass is 456 g/mol.